The average molecular weight is 371 g/mol. The van der Waals surface area contributed by atoms with Gasteiger partial charge < -0.3 is 0 Å². The maximum atomic E-state index is 13.0. The van der Waals surface area contributed by atoms with Gasteiger partial charge in [-0.3, -0.25) is 4.79 Å². The number of aryl methyl sites for hydroxylation is 1. The summed E-state index contributed by atoms with van der Waals surface area (Å²) < 4.78 is 13.7. The first-order chi connectivity index (χ1) is 9.63. The van der Waals surface area contributed by atoms with E-state index >= 15 is 0 Å². The first-order valence-electron chi connectivity index (χ1n) is 6.30. The Kier molecular flexibility index (Phi) is 4.29. The second-order valence-electron chi connectivity index (χ2n) is 4.70. The van der Waals surface area contributed by atoms with Gasteiger partial charge in [0.2, 0.25) is 0 Å². The van der Waals surface area contributed by atoms with Crippen molar-refractivity contribution in [2.75, 3.05) is 5.75 Å². The molecule has 0 spiro atoms. The summed E-state index contributed by atoms with van der Waals surface area (Å²) in [4.78, 5) is 14.5. The van der Waals surface area contributed by atoms with E-state index in [9.17, 15) is 9.18 Å². The molecule has 0 bridgehead atoms. The Morgan fingerprint density at radius 3 is 2.95 bits per heavy atom. The maximum Gasteiger partial charge on any atom is 0.177 e. The van der Waals surface area contributed by atoms with Crippen LogP contribution in [0.3, 0.4) is 0 Å². The smallest absolute Gasteiger partial charge is 0.177 e. The van der Waals surface area contributed by atoms with Crippen LogP contribution < -0.4 is 0 Å². The van der Waals surface area contributed by atoms with Crippen LogP contribution in [0.5, 0.6) is 0 Å². The topological polar surface area (TPSA) is 17.1 Å². The highest BCUT2D eigenvalue weighted by Gasteiger charge is 2.18. The van der Waals surface area contributed by atoms with E-state index in [-0.39, 0.29) is 11.6 Å². The van der Waals surface area contributed by atoms with Gasteiger partial charge >= 0.3 is 0 Å². The van der Waals surface area contributed by atoms with E-state index in [1.54, 1.807) is 17.4 Å². The number of halogens is 2. The Bertz CT molecular complexity index is 642. The number of carbonyl (C=O) groups excluding carboxylic acids is 1. The van der Waals surface area contributed by atoms with Crippen LogP contribution in [0.2, 0.25) is 0 Å². The monoisotopic (exact) mass is 370 g/mol. The number of rotatable bonds is 3. The molecule has 1 aliphatic rings. The molecule has 2 heterocycles. The van der Waals surface area contributed by atoms with Gasteiger partial charge in [0.1, 0.15) is 5.82 Å². The highest BCUT2D eigenvalue weighted by molar-refractivity contribution is 9.10. The van der Waals surface area contributed by atoms with Crippen LogP contribution in [-0.2, 0) is 18.6 Å². The summed E-state index contributed by atoms with van der Waals surface area (Å²) in [5, 5.41) is 0. The highest BCUT2D eigenvalue weighted by atomic mass is 79.9. The second kappa shape index (κ2) is 6.00. The van der Waals surface area contributed by atoms with Gasteiger partial charge in [0.15, 0.2) is 5.78 Å². The Labute approximate surface area is 133 Å². The lowest BCUT2D eigenvalue weighted by Crippen LogP contribution is -2.02. The van der Waals surface area contributed by atoms with Crippen LogP contribution in [0.25, 0.3) is 0 Å². The Morgan fingerprint density at radius 1 is 1.35 bits per heavy atom. The van der Waals surface area contributed by atoms with E-state index < -0.39 is 0 Å². The quantitative estimate of drug-likeness (QED) is 0.717. The lowest BCUT2D eigenvalue weighted by atomic mass is 10.1. The number of thiophene rings is 1. The highest BCUT2D eigenvalue weighted by Crippen LogP contribution is 2.32. The fraction of sp³-hybridized carbons (Fsp3) is 0.267. The van der Waals surface area contributed by atoms with Crippen molar-refractivity contribution in [1.29, 1.82) is 0 Å². The molecular weight excluding hydrogens is 359 g/mol. The standard InChI is InChI=1S/C15H12BrFOS2/c16-12-7-11(17)2-1-9(12)5-13(18)15-6-10-8-19-4-3-14(10)20-15/h1-2,6-7H,3-5,8H2. The fourth-order valence-electron chi connectivity index (χ4n) is 2.21. The van der Waals surface area contributed by atoms with Crippen LogP contribution >= 0.6 is 39.0 Å². The zero-order chi connectivity index (χ0) is 14.1. The van der Waals surface area contributed by atoms with Crippen LogP contribution in [-0.4, -0.2) is 11.5 Å². The van der Waals surface area contributed by atoms with Gasteiger partial charge in [0.05, 0.1) is 4.88 Å². The van der Waals surface area contributed by atoms with Crippen molar-refractivity contribution in [2.45, 2.75) is 18.6 Å². The second-order valence-corrected chi connectivity index (χ2v) is 7.79. The lowest BCUT2D eigenvalue weighted by Gasteiger charge is -2.08. The maximum absolute atomic E-state index is 13.0. The summed E-state index contributed by atoms with van der Waals surface area (Å²) in [6.07, 6.45) is 1.38. The molecule has 3 rings (SSSR count). The number of ketones is 1. The summed E-state index contributed by atoms with van der Waals surface area (Å²) in [5.74, 6) is 1.97. The molecule has 0 unspecified atom stereocenters. The fourth-order valence-corrected chi connectivity index (χ4v) is 5.01. The molecule has 0 aliphatic carbocycles. The molecular formula is C15H12BrFOS2. The molecule has 0 saturated heterocycles. The van der Waals surface area contributed by atoms with Gasteiger partial charge in [-0.25, -0.2) is 4.39 Å². The molecule has 104 valence electrons. The molecule has 1 nitrogen and oxygen atoms in total. The zero-order valence-electron chi connectivity index (χ0n) is 10.6. The van der Waals surface area contributed by atoms with E-state index in [1.165, 1.54) is 22.6 Å². The molecule has 0 saturated carbocycles. The molecule has 5 heteroatoms. The Balaban J connectivity index is 1.80. The third kappa shape index (κ3) is 3.00. The molecule has 1 aromatic heterocycles. The predicted octanol–water partition coefficient (Wildman–Crippen LogP) is 4.86. The SMILES string of the molecule is O=C(Cc1ccc(F)cc1Br)c1cc2c(s1)CCSC2. The van der Waals surface area contributed by atoms with E-state index in [0.717, 1.165) is 28.4 Å². The van der Waals surface area contributed by atoms with Crippen LogP contribution in [0.15, 0.2) is 28.7 Å². The summed E-state index contributed by atoms with van der Waals surface area (Å²) in [7, 11) is 0. The zero-order valence-corrected chi connectivity index (χ0v) is 13.8. The molecule has 0 amide bonds. The van der Waals surface area contributed by atoms with Crippen molar-refractivity contribution < 1.29 is 9.18 Å². The number of thioether (sulfide) groups is 1. The first-order valence-corrected chi connectivity index (χ1v) is 9.06. The minimum atomic E-state index is -0.295. The number of hydrogen-bond donors (Lipinski definition) is 0. The molecule has 0 radical (unpaired) electrons. The summed E-state index contributed by atoms with van der Waals surface area (Å²) in [6, 6.07) is 6.49. The molecule has 1 aromatic carbocycles. The predicted molar refractivity (Wildman–Crippen MR) is 86.3 cm³/mol. The van der Waals surface area contributed by atoms with Gasteiger partial charge in [-0.2, -0.15) is 11.8 Å². The first kappa shape index (κ1) is 14.3. The van der Waals surface area contributed by atoms with Crippen molar-refractivity contribution in [2.24, 2.45) is 0 Å². The normalized spacial score (nSPS) is 14.1. The Hall–Kier alpha value is -0.650. The third-order valence-corrected chi connectivity index (χ3v) is 6.29. The van der Waals surface area contributed by atoms with Gasteiger partial charge in [0, 0.05) is 21.5 Å². The van der Waals surface area contributed by atoms with Gasteiger partial charge in [-0.15, -0.1) is 11.3 Å². The molecule has 0 N–H and O–H groups in total. The Morgan fingerprint density at radius 2 is 2.20 bits per heavy atom. The van der Waals surface area contributed by atoms with Crippen molar-refractivity contribution >= 4 is 44.8 Å². The van der Waals surface area contributed by atoms with E-state index in [4.69, 9.17) is 0 Å². The largest absolute Gasteiger partial charge is 0.293 e. The lowest BCUT2D eigenvalue weighted by molar-refractivity contribution is 0.0996. The summed E-state index contributed by atoms with van der Waals surface area (Å²) >= 11 is 6.85. The molecule has 0 fully saturated rings. The summed E-state index contributed by atoms with van der Waals surface area (Å²) in [6.45, 7) is 0. The minimum Gasteiger partial charge on any atom is -0.293 e. The average Bonchev–Trinajstić information content (AvgIpc) is 2.86. The minimum absolute atomic E-state index is 0.113. The molecule has 20 heavy (non-hydrogen) atoms. The van der Waals surface area contributed by atoms with Gasteiger partial charge in [-0.05, 0) is 41.5 Å². The summed E-state index contributed by atoms with van der Waals surface area (Å²) in [5.41, 5.74) is 2.14. The molecule has 2 aromatic rings. The molecule has 0 atom stereocenters. The number of benzene rings is 1. The van der Waals surface area contributed by atoms with Crippen molar-refractivity contribution in [3.63, 3.8) is 0 Å². The number of carbonyl (C=O) groups is 1. The van der Waals surface area contributed by atoms with Gasteiger partial charge in [0.25, 0.3) is 0 Å². The number of hydrogen-bond acceptors (Lipinski definition) is 3. The van der Waals surface area contributed by atoms with E-state index in [1.807, 2.05) is 17.8 Å². The van der Waals surface area contributed by atoms with Crippen molar-refractivity contribution in [3.8, 4) is 0 Å². The van der Waals surface area contributed by atoms with Crippen LogP contribution in [0.4, 0.5) is 4.39 Å². The number of fused-ring (bicyclic) bond motifs is 1. The number of Topliss-reactive ketones (excluding diaryl/α,β-unsaturated/α-hetero) is 1. The van der Waals surface area contributed by atoms with E-state index in [0.29, 0.717) is 10.9 Å². The van der Waals surface area contributed by atoms with Crippen LogP contribution in [0, 0.1) is 5.82 Å². The van der Waals surface area contributed by atoms with E-state index in [2.05, 4.69) is 15.9 Å². The van der Waals surface area contributed by atoms with Gasteiger partial charge in [-0.1, -0.05) is 22.0 Å². The van der Waals surface area contributed by atoms with Crippen LogP contribution in [0.1, 0.15) is 25.7 Å². The molecule has 1 aliphatic heterocycles. The van der Waals surface area contributed by atoms with Crippen molar-refractivity contribution in [1.82, 2.24) is 0 Å². The third-order valence-electron chi connectivity index (χ3n) is 3.27. The van der Waals surface area contributed by atoms with Crippen molar-refractivity contribution in [3.05, 3.63) is 55.4 Å².